The molecule has 1 amide bonds. The lowest BCUT2D eigenvalue weighted by Gasteiger charge is -2.17. The molecule has 1 aliphatic heterocycles. The Balaban J connectivity index is 1.59. The van der Waals surface area contributed by atoms with Gasteiger partial charge in [-0.05, 0) is 48.3 Å². The Labute approximate surface area is 112 Å². The summed E-state index contributed by atoms with van der Waals surface area (Å²) in [6.07, 6.45) is 5.89. The lowest BCUT2D eigenvalue weighted by molar-refractivity contribution is 0.0781. The number of aromatic amines is 1. The number of rotatable bonds is 1. The summed E-state index contributed by atoms with van der Waals surface area (Å²) < 4.78 is 0. The molecule has 0 radical (unpaired) electrons. The molecule has 2 unspecified atom stereocenters. The molecule has 19 heavy (non-hydrogen) atoms. The molecule has 2 atom stereocenters. The van der Waals surface area contributed by atoms with Crippen molar-refractivity contribution in [3.63, 3.8) is 0 Å². The summed E-state index contributed by atoms with van der Waals surface area (Å²) in [5, 5.41) is 1.16. The molecule has 1 N–H and O–H groups in total. The molecule has 3 heteroatoms. The van der Waals surface area contributed by atoms with Gasteiger partial charge in [0.15, 0.2) is 0 Å². The van der Waals surface area contributed by atoms with Crippen molar-refractivity contribution in [2.75, 3.05) is 13.1 Å². The Morgan fingerprint density at radius 1 is 1.16 bits per heavy atom. The lowest BCUT2D eigenvalue weighted by Crippen LogP contribution is -2.29. The first-order valence-corrected chi connectivity index (χ1v) is 7.18. The molecule has 98 valence electrons. The van der Waals surface area contributed by atoms with Crippen LogP contribution in [0.15, 0.2) is 30.5 Å². The quantitative estimate of drug-likeness (QED) is 0.834. The average molecular weight is 254 g/mol. The van der Waals surface area contributed by atoms with E-state index in [1.165, 1.54) is 19.3 Å². The predicted molar refractivity (Wildman–Crippen MR) is 75.0 cm³/mol. The fraction of sp³-hybridized carbons (Fsp3) is 0.438. The monoisotopic (exact) mass is 254 g/mol. The SMILES string of the molecule is O=C(c1ccc2cc[nH]c2c1)N1CC2CCCC2C1. The standard InChI is InChI=1S/C16H18N2O/c19-16(18-9-13-2-1-3-14(13)10-18)12-5-4-11-6-7-17-15(11)8-12/h4-8,13-14,17H,1-3,9-10H2. The molecule has 2 heterocycles. The second kappa shape index (κ2) is 4.12. The maximum atomic E-state index is 12.6. The fourth-order valence-corrected chi connectivity index (χ4v) is 3.76. The molecule has 1 aliphatic carbocycles. The number of likely N-dealkylation sites (tertiary alicyclic amines) is 1. The van der Waals surface area contributed by atoms with Crippen LogP contribution < -0.4 is 0 Å². The summed E-state index contributed by atoms with van der Waals surface area (Å²) in [4.78, 5) is 17.8. The zero-order chi connectivity index (χ0) is 12.8. The van der Waals surface area contributed by atoms with Crippen LogP contribution in [-0.2, 0) is 0 Å². The molecular formula is C16H18N2O. The Morgan fingerprint density at radius 3 is 2.74 bits per heavy atom. The normalized spacial score (nSPS) is 26.0. The number of hydrogen-bond donors (Lipinski definition) is 1. The summed E-state index contributed by atoms with van der Waals surface area (Å²) in [6, 6.07) is 7.98. The minimum absolute atomic E-state index is 0.200. The van der Waals surface area contributed by atoms with Gasteiger partial charge in [0, 0.05) is 30.4 Å². The maximum Gasteiger partial charge on any atom is 0.253 e. The molecule has 1 aromatic carbocycles. The fourth-order valence-electron chi connectivity index (χ4n) is 3.76. The van der Waals surface area contributed by atoms with Gasteiger partial charge in [0.05, 0.1) is 0 Å². The number of aromatic nitrogens is 1. The number of nitrogens with zero attached hydrogens (tertiary/aromatic N) is 1. The molecule has 4 rings (SSSR count). The first-order valence-electron chi connectivity index (χ1n) is 7.18. The number of amides is 1. The first kappa shape index (κ1) is 11.1. The maximum absolute atomic E-state index is 12.6. The molecule has 1 aromatic heterocycles. The first-order chi connectivity index (χ1) is 9.31. The van der Waals surface area contributed by atoms with Crippen molar-refractivity contribution in [1.82, 2.24) is 9.88 Å². The summed E-state index contributed by atoms with van der Waals surface area (Å²) in [5.41, 5.74) is 1.86. The van der Waals surface area contributed by atoms with Crippen LogP contribution in [0.1, 0.15) is 29.6 Å². The molecular weight excluding hydrogens is 236 g/mol. The van der Waals surface area contributed by atoms with Gasteiger partial charge in [0.1, 0.15) is 0 Å². The second-order valence-corrected chi connectivity index (χ2v) is 5.94. The van der Waals surface area contributed by atoms with Crippen molar-refractivity contribution >= 4 is 16.8 Å². The number of carbonyl (C=O) groups is 1. The second-order valence-electron chi connectivity index (χ2n) is 5.94. The minimum Gasteiger partial charge on any atom is -0.361 e. The minimum atomic E-state index is 0.200. The van der Waals surface area contributed by atoms with Crippen LogP contribution in [0, 0.1) is 11.8 Å². The van der Waals surface area contributed by atoms with Crippen LogP contribution in [0.2, 0.25) is 0 Å². The van der Waals surface area contributed by atoms with Crippen LogP contribution in [0.4, 0.5) is 0 Å². The van der Waals surface area contributed by atoms with Gasteiger partial charge < -0.3 is 9.88 Å². The largest absolute Gasteiger partial charge is 0.361 e. The van der Waals surface area contributed by atoms with Crippen molar-refractivity contribution in [3.8, 4) is 0 Å². The molecule has 1 saturated carbocycles. The molecule has 2 aromatic rings. The topological polar surface area (TPSA) is 36.1 Å². The van der Waals surface area contributed by atoms with Crippen LogP contribution in [0.3, 0.4) is 0 Å². The third-order valence-corrected chi connectivity index (χ3v) is 4.82. The number of fused-ring (bicyclic) bond motifs is 2. The number of benzene rings is 1. The van der Waals surface area contributed by atoms with Crippen LogP contribution in [0.5, 0.6) is 0 Å². The van der Waals surface area contributed by atoms with E-state index in [9.17, 15) is 4.79 Å². The van der Waals surface area contributed by atoms with E-state index in [1.54, 1.807) is 0 Å². The Morgan fingerprint density at radius 2 is 1.95 bits per heavy atom. The zero-order valence-corrected chi connectivity index (χ0v) is 10.9. The zero-order valence-electron chi connectivity index (χ0n) is 10.9. The van der Waals surface area contributed by atoms with Crippen LogP contribution in [-0.4, -0.2) is 28.9 Å². The average Bonchev–Trinajstić information content (AvgIpc) is 3.11. The highest BCUT2D eigenvalue weighted by molar-refractivity contribution is 5.98. The van der Waals surface area contributed by atoms with E-state index in [1.807, 2.05) is 30.5 Å². The van der Waals surface area contributed by atoms with Gasteiger partial charge in [-0.15, -0.1) is 0 Å². The van der Waals surface area contributed by atoms with Crippen molar-refractivity contribution < 1.29 is 4.79 Å². The lowest BCUT2D eigenvalue weighted by atomic mass is 10.0. The van der Waals surface area contributed by atoms with Crippen LogP contribution >= 0.6 is 0 Å². The van der Waals surface area contributed by atoms with Crippen molar-refractivity contribution in [2.45, 2.75) is 19.3 Å². The molecule has 3 nitrogen and oxygen atoms in total. The molecule has 2 aliphatic rings. The Kier molecular flexibility index (Phi) is 2.40. The summed E-state index contributed by atoms with van der Waals surface area (Å²) in [7, 11) is 0. The molecule has 2 fully saturated rings. The van der Waals surface area contributed by atoms with E-state index >= 15 is 0 Å². The van der Waals surface area contributed by atoms with E-state index in [0.29, 0.717) is 0 Å². The van der Waals surface area contributed by atoms with E-state index in [4.69, 9.17) is 0 Å². The number of nitrogens with one attached hydrogen (secondary N) is 1. The molecule has 0 bridgehead atoms. The van der Waals surface area contributed by atoms with E-state index in [2.05, 4.69) is 9.88 Å². The van der Waals surface area contributed by atoms with Crippen molar-refractivity contribution in [2.24, 2.45) is 11.8 Å². The Hall–Kier alpha value is -1.77. The number of H-pyrrole nitrogens is 1. The van der Waals surface area contributed by atoms with Gasteiger partial charge in [-0.1, -0.05) is 12.5 Å². The van der Waals surface area contributed by atoms with E-state index < -0.39 is 0 Å². The highest BCUT2D eigenvalue weighted by Gasteiger charge is 2.38. The van der Waals surface area contributed by atoms with E-state index in [-0.39, 0.29) is 5.91 Å². The van der Waals surface area contributed by atoms with Crippen molar-refractivity contribution in [1.29, 1.82) is 0 Å². The van der Waals surface area contributed by atoms with Gasteiger partial charge in [0.25, 0.3) is 5.91 Å². The third-order valence-electron chi connectivity index (χ3n) is 4.82. The van der Waals surface area contributed by atoms with Crippen LogP contribution in [0.25, 0.3) is 10.9 Å². The van der Waals surface area contributed by atoms with Gasteiger partial charge in [-0.3, -0.25) is 4.79 Å². The number of carbonyl (C=O) groups excluding carboxylic acids is 1. The summed E-state index contributed by atoms with van der Waals surface area (Å²) in [5.74, 6) is 1.72. The summed E-state index contributed by atoms with van der Waals surface area (Å²) in [6.45, 7) is 1.93. The van der Waals surface area contributed by atoms with Gasteiger partial charge in [0.2, 0.25) is 0 Å². The summed E-state index contributed by atoms with van der Waals surface area (Å²) >= 11 is 0. The highest BCUT2D eigenvalue weighted by atomic mass is 16.2. The van der Waals surface area contributed by atoms with Gasteiger partial charge in [-0.25, -0.2) is 0 Å². The third kappa shape index (κ3) is 1.76. The molecule has 1 saturated heterocycles. The Bertz CT molecular complexity index is 618. The van der Waals surface area contributed by atoms with Gasteiger partial charge in [-0.2, -0.15) is 0 Å². The highest BCUT2D eigenvalue weighted by Crippen LogP contribution is 2.38. The smallest absolute Gasteiger partial charge is 0.253 e. The van der Waals surface area contributed by atoms with E-state index in [0.717, 1.165) is 41.4 Å². The molecule has 0 spiro atoms. The number of hydrogen-bond acceptors (Lipinski definition) is 1. The van der Waals surface area contributed by atoms with Crippen molar-refractivity contribution in [3.05, 3.63) is 36.0 Å². The van der Waals surface area contributed by atoms with Gasteiger partial charge >= 0.3 is 0 Å². The predicted octanol–water partition coefficient (Wildman–Crippen LogP) is 3.04.